The zero-order valence-corrected chi connectivity index (χ0v) is 18.4. The normalized spacial score (nSPS) is 17.2. The molecule has 0 saturated carbocycles. The molecule has 0 amide bonds. The Bertz CT molecular complexity index is 981. The predicted octanol–water partition coefficient (Wildman–Crippen LogP) is 2.49. The lowest BCUT2D eigenvalue weighted by atomic mass is 10.0. The first-order chi connectivity index (χ1) is 14.9. The molecule has 1 aromatic carbocycles. The summed E-state index contributed by atoms with van der Waals surface area (Å²) in [4.78, 5) is 16.1. The number of nitrogens with zero attached hydrogens (tertiary/aromatic N) is 2. The van der Waals surface area contributed by atoms with Gasteiger partial charge >= 0.3 is 5.97 Å². The van der Waals surface area contributed by atoms with Gasteiger partial charge in [0.15, 0.2) is 0 Å². The van der Waals surface area contributed by atoms with Gasteiger partial charge in [0.05, 0.1) is 19.6 Å². The van der Waals surface area contributed by atoms with Crippen molar-refractivity contribution < 1.29 is 27.4 Å². The van der Waals surface area contributed by atoms with Crippen LogP contribution >= 0.6 is 0 Å². The van der Waals surface area contributed by atoms with E-state index >= 15 is 0 Å². The van der Waals surface area contributed by atoms with E-state index in [-0.39, 0.29) is 25.7 Å². The summed E-state index contributed by atoms with van der Waals surface area (Å²) in [7, 11) is -2.16. The summed E-state index contributed by atoms with van der Waals surface area (Å²) in [6.45, 7) is 2.58. The van der Waals surface area contributed by atoms with Crippen LogP contribution in [-0.2, 0) is 26.3 Å². The molecule has 10 heteroatoms. The molecule has 9 nitrogen and oxygen atoms in total. The molecule has 1 aliphatic heterocycles. The van der Waals surface area contributed by atoms with Crippen LogP contribution in [0.3, 0.4) is 0 Å². The number of piperidine rings is 1. The van der Waals surface area contributed by atoms with Gasteiger partial charge in [-0.1, -0.05) is 0 Å². The first kappa shape index (κ1) is 23.0. The Balaban J connectivity index is 1.59. The number of hydrogen-bond acceptors (Lipinski definition) is 7. The second-order valence-corrected chi connectivity index (χ2v) is 8.81. The lowest BCUT2D eigenvalue weighted by Crippen LogP contribution is -2.47. The lowest BCUT2D eigenvalue weighted by Gasteiger charge is -2.30. The third-order valence-corrected chi connectivity index (χ3v) is 6.40. The number of ether oxygens (including phenoxy) is 3. The molecule has 1 atom stereocenters. The molecule has 0 radical (unpaired) electrons. The fraction of sp³-hybridized carbons (Fsp3) is 0.429. The minimum atomic E-state index is -3.74. The monoisotopic (exact) mass is 449 g/mol. The van der Waals surface area contributed by atoms with Crippen molar-refractivity contribution in [2.75, 3.05) is 26.8 Å². The first-order valence-electron chi connectivity index (χ1n) is 10.1. The Kier molecular flexibility index (Phi) is 7.83. The van der Waals surface area contributed by atoms with Gasteiger partial charge in [-0.05, 0) is 55.7 Å². The fourth-order valence-corrected chi connectivity index (χ4v) is 4.54. The molecule has 31 heavy (non-hydrogen) atoms. The molecule has 0 aliphatic carbocycles. The Labute approximate surface area is 182 Å². The van der Waals surface area contributed by atoms with Crippen LogP contribution in [0, 0.1) is 5.92 Å². The molecule has 1 aromatic heterocycles. The maximum Gasteiger partial charge on any atom is 0.310 e. The first-order valence-corrected chi connectivity index (χ1v) is 11.5. The number of nitrogens with one attached hydrogen (secondary N) is 1. The van der Waals surface area contributed by atoms with Gasteiger partial charge in [0.1, 0.15) is 11.5 Å². The Hall–Kier alpha value is -2.69. The summed E-state index contributed by atoms with van der Waals surface area (Å²) < 4.78 is 45.2. The number of rotatable bonds is 9. The van der Waals surface area contributed by atoms with E-state index in [1.807, 2.05) is 0 Å². The lowest BCUT2D eigenvalue weighted by molar-refractivity contribution is -0.149. The molecular weight excluding hydrogens is 422 g/mol. The largest absolute Gasteiger partial charge is 0.497 e. The Morgan fingerprint density at radius 1 is 1.23 bits per heavy atom. The minimum absolute atomic E-state index is 0.0738. The van der Waals surface area contributed by atoms with Crippen LogP contribution in [0.1, 0.15) is 25.3 Å². The summed E-state index contributed by atoms with van der Waals surface area (Å²) in [6.07, 6.45) is 2.79. The van der Waals surface area contributed by atoms with Crippen LogP contribution in [0.4, 0.5) is 0 Å². The van der Waals surface area contributed by atoms with E-state index in [4.69, 9.17) is 14.2 Å². The van der Waals surface area contributed by atoms with Gasteiger partial charge in [-0.3, -0.25) is 4.79 Å². The summed E-state index contributed by atoms with van der Waals surface area (Å²) in [5.41, 5.74) is 0.695. The van der Waals surface area contributed by atoms with Crippen LogP contribution in [0.25, 0.3) is 0 Å². The predicted molar refractivity (Wildman–Crippen MR) is 114 cm³/mol. The van der Waals surface area contributed by atoms with Crippen LogP contribution in [0.5, 0.6) is 17.4 Å². The van der Waals surface area contributed by atoms with Crippen molar-refractivity contribution in [2.24, 2.45) is 5.92 Å². The molecule has 2 heterocycles. The van der Waals surface area contributed by atoms with Crippen molar-refractivity contribution in [1.82, 2.24) is 14.0 Å². The molecule has 168 valence electrons. The van der Waals surface area contributed by atoms with Gasteiger partial charge in [0, 0.05) is 31.9 Å². The number of methoxy groups -OCH3 is 1. The number of carbonyl (C=O) groups excluding carboxylic acids is 1. The smallest absolute Gasteiger partial charge is 0.310 e. The van der Waals surface area contributed by atoms with Crippen molar-refractivity contribution in [3.8, 4) is 17.4 Å². The standard InChI is InChI=1S/C21H27N3O6S/c1-3-29-21(25)17-5-4-12-24(15-17)31(26,27)23-14-16-10-11-22-20(13-16)30-19-8-6-18(28-2)7-9-19/h6-11,13,17,23H,3-5,12,14-15H2,1-2H3/t17-/m0/s1. The van der Waals surface area contributed by atoms with Crippen molar-refractivity contribution in [3.63, 3.8) is 0 Å². The van der Waals surface area contributed by atoms with E-state index in [1.165, 1.54) is 4.31 Å². The molecule has 2 aromatic rings. The number of aromatic nitrogens is 1. The number of hydrogen-bond donors (Lipinski definition) is 1. The van der Waals surface area contributed by atoms with Crippen molar-refractivity contribution in [3.05, 3.63) is 48.2 Å². The van der Waals surface area contributed by atoms with E-state index in [0.29, 0.717) is 42.3 Å². The van der Waals surface area contributed by atoms with Gasteiger partial charge in [0.25, 0.3) is 10.2 Å². The van der Waals surface area contributed by atoms with E-state index < -0.39 is 16.1 Å². The Morgan fingerprint density at radius 3 is 2.68 bits per heavy atom. The number of carbonyl (C=O) groups is 1. The molecule has 1 aliphatic rings. The minimum Gasteiger partial charge on any atom is -0.497 e. The molecule has 0 bridgehead atoms. The van der Waals surface area contributed by atoms with E-state index in [2.05, 4.69) is 9.71 Å². The van der Waals surface area contributed by atoms with Gasteiger partial charge in [-0.15, -0.1) is 0 Å². The average Bonchev–Trinajstić information content (AvgIpc) is 2.79. The van der Waals surface area contributed by atoms with Gasteiger partial charge in [0.2, 0.25) is 5.88 Å². The Morgan fingerprint density at radius 2 is 1.97 bits per heavy atom. The molecule has 0 unspecified atom stereocenters. The zero-order chi connectivity index (χ0) is 22.3. The number of esters is 1. The highest BCUT2D eigenvalue weighted by Crippen LogP contribution is 2.23. The summed E-state index contributed by atoms with van der Waals surface area (Å²) in [5.74, 6) is 0.866. The highest BCUT2D eigenvalue weighted by Gasteiger charge is 2.32. The van der Waals surface area contributed by atoms with Gasteiger partial charge in [-0.25, -0.2) is 4.98 Å². The van der Waals surface area contributed by atoms with E-state index in [0.717, 1.165) is 0 Å². The molecule has 1 N–H and O–H groups in total. The zero-order valence-electron chi connectivity index (χ0n) is 17.6. The van der Waals surface area contributed by atoms with Gasteiger partial charge in [-0.2, -0.15) is 17.4 Å². The maximum absolute atomic E-state index is 12.7. The van der Waals surface area contributed by atoms with Crippen LogP contribution in [0.15, 0.2) is 42.6 Å². The summed E-state index contributed by atoms with van der Waals surface area (Å²) >= 11 is 0. The summed E-state index contributed by atoms with van der Waals surface area (Å²) in [6, 6.07) is 10.4. The molecule has 1 saturated heterocycles. The second kappa shape index (κ2) is 10.6. The molecular formula is C21H27N3O6S. The number of pyridine rings is 1. The highest BCUT2D eigenvalue weighted by atomic mass is 32.2. The van der Waals surface area contributed by atoms with E-state index in [9.17, 15) is 13.2 Å². The third-order valence-electron chi connectivity index (χ3n) is 4.88. The second-order valence-electron chi connectivity index (χ2n) is 7.06. The van der Waals surface area contributed by atoms with Gasteiger partial charge < -0.3 is 14.2 Å². The van der Waals surface area contributed by atoms with Crippen LogP contribution in [0.2, 0.25) is 0 Å². The number of benzene rings is 1. The quantitative estimate of drug-likeness (QED) is 0.586. The topological polar surface area (TPSA) is 107 Å². The van der Waals surface area contributed by atoms with Crippen LogP contribution < -0.4 is 14.2 Å². The van der Waals surface area contributed by atoms with Crippen molar-refractivity contribution in [2.45, 2.75) is 26.3 Å². The maximum atomic E-state index is 12.7. The average molecular weight is 450 g/mol. The third kappa shape index (κ3) is 6.39. The van der Waals surface area contributed by atoms with Crippen molar-refractivity contribution in [1.29, 1.82) is 0 Å². The molecule has 3 rings (SSSR count). The van der Waals surface area contributed by atoms with Crippen molar-refractivity contribution >= 4 is 16.2 Å². The SMILES string of the molecule is CCOC(=O)[C@H]1CCCN(S(=O)(=O)NCc2ccnc(Oc3ccc(OC)cc3)c2)C1. The highest BCUT2D eigenvalue weighted by molar-refractivity contribution is 7.87. The molecule has 0 spiro atoms. The van der Waals surface area contributed by atoms with E-state index in [1.54, 1.807) is 56.6 Å². The summed E-state index contributed by atoms with van der Waals surface area (Å²) in [5, 5.41) is 0. The van der Waals surface area contributed by atoms with Crippen LogP contribution in [-0.4, -0.2) is 50.5 Å². The fourth-order valence-electron chi connectivity index (χ4n) is 3.26. The molecule has 1 fully saturated rings.